The molecule has 0 saturated heterocycles. The Morgan fingerprint density at radius 1 is 1.21 bits per heavy atom. The summed E-state index contributed by atoms with van der Waals surface area (Å²) >= 11 is 0. The zero-order valence-corrected chi connectivity index (χ0v) is 13.6. The van der Waals surface area contributed by atoms with E-state index >= 15 is 0 Å². The Hall–Kier alpha value is -0.590. The zero-order chi connectivity index (χ0) is 14.9. The van der Waals surface area contributed by atoms with E-state index < -0.39 is 5.54 Å². The van der Waals surface area contributed by atoms with E-state index in [2.05, 4.69) is 52.9 Å². The zero-order valence-electron chi connectivity index (χ0n) is 13.6. The largest absolute Gasteiger partial charge is 0.378 e. The minimum Gasteiger partial charge on any atom is -0.378 e. The molecule has 3 nitrogen and oxygen atoms in total. The summed E-state index contributed by atoms with van der Waals surface area (Å²) in [5.74, 6) is 0.673. The first-order valence-electron chi connectivity index (χ1n) is 7.65. The number of hydrogen-bond acceptors (Lipinski definition) is 3. The Labute approximate surface area is 119 Å². The van der Waals surface area contributed by atoms with Crippen LogP contribution in [0.1, 0.15) is 67.2 Å². The van der Waals surface area contributed by atoms with Crippen LogP contribution in [0.4, 0.5) is 0 Å². The smallest absolute Gasteiger partial charge is 0.106 e. The van der Waals surface area contributed by atoms with Crippen LogP contribution in [0.25, 0.3) is 0 Å². The molecular formula is C16H32N2O. The van der Waals surface area contributed by atoms with E-state index in [1.54, 1.807) is 0 Å². The molecule has 0 saturated carbocycles. The summed E-state index contributed by atoms with van der Waals surface area (Å²) < 4.78 is 5.80. The maximum atomic E-state index is 9.40. The number of nitrogens with one attached hydrogen (secondary N) is 1. The topological polar surface area (TPSA) is 45.0 Å². The quantitative estimate of drug-likeness (QED) is 0.611. The van der Waals surface area contributed by atoms with Gasteiger partial charge in [0.05, 0.1) is 12.2 Å². The molecule has 0 spiro atoms. The number of nitriles is 1. The maximum absolute atomic E-state index is 9.40. The van der Waals surface area contributed by atoms with Crippen LogP contribution in [-0.4, -0.2) is 24.3 Å². The predicted molar refractivity (Wildman–Crippen MR) is 81.0 cm³/mol. The molecule has 2 atom stereocenters. The molecule has 0 bridgehead atoms. The lowest BCUT2D eigenvalue weighted by molar-refractivity contribution is 0.0469. The summed E-state index contributed by atoms with van der Waals surface area (Å²) in [4.78, 5) is 0. The van der Waals surface area contributed by atoms with Crippen LogP contribution in [-0.2, 0) is 4.74 Å². The predicted octanol–water partition coefficient (Wildman–Crippen LogP) is 3.89. The van der Waals surface area contributed by atoms with Gasteiger partial charge in [-0.05, 0) is 52.4 Å². The summed E-state index contributed by atoms with van der Waals surface area (Å²) in [6, 6.07) is 2.78. The van der Waals surface area contributed by atoms with E-state index in [0.29, 0.717) is 18.1 Å². The third-order valence-corrected chi connectivity index (χ3v) is 3.34. The number of rotatable bonds is 10. The minimum absolute atomic E-state index is 0.316. The van der Waals surface area contributed by atoms with Crippen molar-refractivity contribution in [2.45, 2.75) is 84.9 Å². The molecule has 112 valence electrons. The molecule has 0 aromatic rings. The molecule has 0 aromatic heterocycles. The van der Waals surface area contributed by atoms with Gasteiger partial charge in [0, 0.05) is 12.6 Å². The van der Waals surface area contributed by atoms with Crippen molar-refractivity contribution >= 4 is 0 Å². The molecule has 0 aromatic carbocycles. The number of ether oxygens (including phenoxy) is 1. The van der Waals surface area contributed by atoms with Gasteiger partial charge in [-0.2, -0.15) is 5.26 Å². The molecule has 3 heteroatoms. The van der Waals surface area contributed by atoms with Crippen LogP contribution in [0.5, 0.6) is 0 Å². The summed E-state index contributed by atoms with van der Waals surface area (Å²) in [6.45, 7) is 13.5. The van der Waals surface area contributed by atoms with Gasteiger partial charge in [-0.25, -0.2) is 0 Å². The Morgan fingerprint density at radius 2 is 1.84 bits per heavy atom. The van der Waals surface area contributed by atoms with Gasteiger partial charge in [0.2, 0.25) is 0 Å². The molecule has 0 rings (SSSR count). The molecule has 0 aliphatic heterocycles. The van der Waals surface area contributed by atoms with Crippen LogP contribution in [0.3, 0.4) is 0 Å². The summed E-state index contributed by atoms with van der Waals surface area (Å²) in [5.41, 5.74) is -0.390. The molecule has 0 aliphatic carbocycles. The van der Waals surface area contributed by atoms with Gasteiger partial charge >= 0.3 is 0 Å². The average molecular weight is 268 g/mol. The Bertz CT molecular complexity index is 270. The normalized spacial score (nSPS) is 16.4. The lowest BCUT2D eigenvalue weighted by atomic mass is 9.91. The van der Waals surface area contributed by atoms with Crippen molar-refractivity contribution < 1.29 is 4.74 Å². The monoisotopic (exact) mass is 268 g/mol. The van der Waals surface area contributed by atoms with Crippen molar-refractivity contribution in [3.8, 4) is 6.07 Å². The van der Waals surface area contributed by atoms with Crippen molar-refractivity contribution in [2.75, 3.05) is 6.61 Å². The van der Waals surface area contributed by atoms with Crippen molar-refractivity contribution in [3.05, 3.63) is 0 Å². The van der Waals surface area contributed by atoms with E-state index in [0.717, 1.165) is 32.3 Å². The Kier molecular flexibility index (Phi) is 9.05. The fourth-order valence-electron chi connectivity index (χ4n) is 2.46. The van der Waals surface area contributed by atoms with Crippen LogP contribution in [0, 0.1) is 17.2 Å². The Morgan fingerprint density at radius 3 is 2.26 bits per heavy atom. The van der Waals surface area contributed by atoms with Crippen molar-refractivity contribution in [1.82, 2.24) is 5.32 Å². The molecular weight excluding hydrogens is 236 g/mol. The maximum Gasteiger partial charge on any atom is 0.106 e. The SMILES string of the molecule is CCC(C#N)(CCCOC(C)CC(C)C)NC(C)C. The molecule has 1 N–H and O–H groups in total. The summed E-state index contributed by atoms with van der Waals surface area (Å²) in [6.07, 6.45) is 4.04. The van der Waals surface area contributed by atoms with E-state index in [9.17, 15) is 5.26 Å². The average Bonchev–Trinajstić information content (AvgIpc) is 2.31. The third kappa shape index (κ3) is 8.23. The van der Waals surface area contributed by atoms with Crippen molar-refractivity contribution in [1.29, 1.82) is 5.26 Å². The Balaban J connectivity index is 4.04. The standard InChI is InChI=1S/C16H32N2O/c1-7-16(12-17,18-14(4)5)9-8-10-19-15(6)11-13(2)3/h13-15,18H,7-11H2,1-6H3. The molecule has 0 aliphatic rings. The van der Waals surface area contributed by atoms with Crippen LogP contribution < -0.4 is 5.32 Å². The fraction of sp³-hybridized carbons (Fsp3) is 0.938. The van der Waals surface area contributed by atoms with Crippen LogP contribution >= 0.6 is 0 Å². The molecule has 0 radical (unpaired) electrons. The first-order valence-corrected chi connectivity index (χ1v) is 7.65. The van der Waals surface area contributed by atoms with Crippen molar-refractivity contribution in [2.24, 2.45) is 5.92 Å². The highest BCUT2D eigenvalue weighted by Crippen LogP contribution is 2.18. The summed E-state index contributed by atoms with van der Waals surface area (Å²) in [7, 11) is 0. The van der Waals surface area contributed by atoms with Crippen LogP contribution in [0.2, 0.25) is 0 Å². The first-order chi connectivity index (χ1) is 8.85. The van der Waals surface area contributed by atoms with E-state index in [4.69, 9.17) is 4.74 Å². The highest BCUT2D eigenvalue weighted by Gasteiger charge is 2.27. The summed E-state index contributed by atoms with van der Waals surface area (Å²) in [5, 5.41) is 12.8. The number of hydrogen-bond donors (Lipinski definition) is 1. The second-order valence-electron chi connectivity index (χ2n) is 6.26. The van der Waals surface area contributed by atoms with Crippen LogP contribution in [0.15, 0.2) is 0 Å². The first kappa shape index (κ1) is 18.4. The minimum atomic E-state index is -0.390. The van der Waals surface area contributed by atoms with Gasteiger partial charge in [0.25, 0.3) is 0 Å². The second kappa shape index (κ2) is 9.34. The van der Waals surface area contributed by atoms with Gasteiger partial charge in [-0.15, -0.1) is 0 Å². The number of nitrogens with zero attached hydrogens (tertiary/aromatic N) is 1. The van der Waals surface area contributed by atoms with Crippen molar-refractivity contribution in [3.63, 3.8) is 0 Å². The van der Waals surface area contributed by atoms with Gasteiger partial charge in [0.15, 0.2) is 0 Å². The van der Waals surface area contributed by atoms with E-state index in [1.807, 2.05) is 0 Å². The molecule has 0 heterocycles. The lowest BCUT2D eigenvalue weighted by Crippen LogP contribution is -2.47. The highest BCUT2D eigenvalue weighted by molar-refractivity contribution is 5.06. The highest BCUT2D eigenvalue weighted by atomic mass is 16.5. The van der Waals surface area contributed by atoms with Gasteiger partial charge in [-0.3, -0.25) is 5.32 Å². The van der Waals surface area contributed by atoms with Gasteiger partial charge < -0.3 is 4.74 Å². The van der Waals surface area contributed by atoms with E-state index in [1.165, 1.54) is 0 Å². The molecule has 0 amide bonds. The van der Waals surface area contributed by atoms with Gasteiger partial charge in [-0.1, -0.05) is 20.8 Å². The molecule has 0 fully saturated rings. The third-order valence-electron chi connectivity index (χ3n) is 3.34. The fourth-order valence-corrected chi connectivity index (χ4v) is 2.46. The molecule has 19 heavy (non-hydrogen) atoms. The second-order valence-corrected chi connectivity index (χ2v) is 6.26. The molecule has 2 unspecified atom stereocenters. The van der Waals surface area contributed by atoms with E-state index in [-0.39, 0.29) is 0 Å². The lowest BCUT2D eigenvalue weighted by Gasteiger charge is -2.29. The van der Waals surface area contributed by atoms with Gasteiger partial charge in [0.1, 0.15) is 5.54 Å².